The quantitative estimate of drug-likeness (QED) is 0.456. The molecular formula is C16H31NO3. The van der Waals surface area contributed by atoms with Crippen LogP contribution in [0.5, 0.6) is 0 Å². The average molecular weight is 285 g/mol. The van der Waals surface area contributed by atoms with Crippen LogP contribution < -0.4 is 0 Å². The molecule has 0 heterocycles. The zero-order valence-corrected chi connectivity index (χ0v) is 13.8. The maximum atomic E-state index is 12.4. The van der Waals surface area contributed by atoms with Gasteiger partial charge in [0, 0.05) is 13.0 Å². The van der Waals surface area contributed by atoms with E-state index < -0.39 is 6.04 Å². The first-order valence-electron chi connectivity index (χ1n) is 7.93. The van der Waals surface area contributed by atoms with E-state index in [0.717, 1.165) is 19.3 Å². The van der Waals surface area contributed by atoms with Gasteiger partial charge in [-0.25, -0.2) is 4.79 Å². The van der Waals surface area contributed by atoms with E-state index in [1.54, 1.807) is 11.8 Å². The van der Waals surface area contributed by atoms with Gasteiger partial charge in [-0.3, -0.25) is 4.79 Å². The van der Waals surface area contributed by atoms with Crippen LogP contribution in [0.25, 0.3) is 0 Å². The zero-order chi connectivity index (χ0) is 15.5. The Morgan fingerprint density at radius 3 is 2.20 bits per heavy atom. The number of amides is 1. The van der Waals surface area contributed by atoms with Crippen molar-refractivity contribution in [3.63, 3.8) is 0 Å². The molecule has 0 radical (unpaired) electrons. The van der Waals surface area contributed by atoms with Crippen molar-refractivity contribution in [1.82, 2.24) is 4.90 Å². The molecule has 1 amide bonds. The van der Waals surface area contributed by atoms with Crippen LogP contribution in [-0.2, 0) is 14.3 Å². The van der Waals surface area contributed by atoms with Gasteiger partial charge in [0.1, 0.15) is 6.04 Å². The van der Waals surface area contributed by atoms with Crippen molar-refractivity contribution in [2.75, 3.05) is 13.2 Å². The molecule has 0 aromatic rings. The molecule has 4 heteroatoms. The molecule has 4 nitrogen and oxygen atoms in total. The molecule has 0 saturated carbocycles. The highest BCUT2D eigenvalue weighted by Gasteiger charge is 2.29. The van der Waals surface area contributed by atoms with Crippen LogP contribution in [-0.4, -0.2) is 36.0 Å². The predicted molar refractivity (Wildman–Crippen MR) is 81.4 cm³/mol. The first kappa shape index (κ1) is 18.9. The minimum Gasteiger partial charge on any atom is -0.464 e. The summed E-state index contributed by atoms with van der Waals surface area (Å²) in [5.74, 6) is 0.139. The fourth-order valence-corrected chi connectivity index (χ4v) is 2.22. The van der Waals surface area contributed by atoms with Crippen molar-refractivity contribution in [2.24, 2.45) is 5.92 Å². The smallest absolute Gasteiger partial charge is 0.328 e. The number of nitrogens with zero attached hydrogens (tertiary/aromatic N) is 1. The van der Waals surface area contributed by atoms with Crippen LogP contribution in [0.2, 0.25) is 0 Å². The number of hydrogen-bond acceptors (Lipinski definition) is 3. The van der Waals surface area contributed by atoms with Gasteiger partial charge in [-0.15, -0.1) is 0 Å². The Labute approximate surface area is 123 Å². The van der Waals surface area contributed by atoms with Gasteiger partial charge in [-0.1, -0.05) is 40.5 Å². The standard InChI is InChI=1S/C16H31NO3/c1-6-9-10-11-15(18)17(12-13(4)5)14(7-2)16(19)20-8-3/h13-14H,6-12H2,1-5H3. The number of esters is 1. The van der Waals surface area contributed by atoms with E-state index in [9.17, 15) is 9.59 Å². The summed E-state index contributed by atoms with van der Waals surface area (Å²) in [6.07, 6.45) is 4.16. The van der Waals surface area contributed by atoms with E-state index in [-0.39, 0.29) is 11.9 Å². The molecule has 20 heavy (non-hydrogen) atoms. The zero-order valence-electron chi connectivity index (χ0n) is 13.8. The molecule has 0 aliphatic carbocycles. The van der Waals surface area contributed by atoms with E-state index >= 15 is 0 Å². The van der Waals surface area contributed by atoms with Crippen molar-refractivity contribution >= 4 is 11.9 Å². The lowest BCUT2D eigenvalue weighted by Crippen LogP contribution is -2.47. The molecule has 0 fully saturated rings. The highest BCUT2D eigenvalue weighted by Crippen LogP contribution is 2.14. The van der Waals surface area contributed by atoms with Gasteiger partial charge in [-0.2, -0.15) is 0 Å². The predicted octanol–water partition coefficient (Wildman–Crippen LogP) is 3.39. The third-order valence-corrected chi connectivity index (χ3v) is 3.20. The number of unbranched alkanes of at least 4 members (excludes halogenated alkanes) is 2. The van der Waals surface area contributed by atoms with E-state index in [4.69, 9.17) is 4.74 Å². The number of hydrogen-bond donors (Lipinski definition) is 0. The first-order valence-corrected chi connectivity index (χ1v) is 7.93. The summed E-state index contributed by atoms with van der Waals surface area (Å²) in [5.41, 5.74) is 0. The molecule has 0 bridgehead atoms. The summed E-state index contributed by atoms with van der Waals surface area (Å²) in [6.45, 7) is 10.9. The summed E-state index contributed by atoms with van der Waals surface area (Å²) in [5, 5.41) is 0. The van der Waals surface area contributed by atoms with E-state index in [1.165, 1.54) is 0 Å². The molecule has 0 N–H and O–H groups in total. The van der Waals surface area contributed by atoms with E-state index in [2.05, 4.69) is 20.8 Å². The van der Waals surface area contributed by atoms with Crippen molar-refractivity contribution in [3.8, 4) is 0 Å². The van der Waals surface area contributed by atoms with Gasteiger partial charge in [0.2, 0.25) is 5.91 Å². The number of rotatable bonds is 10. The first-order chi connectivity index (χ1) is 9.47. The van der Waals surface area contributed by atoms with Gasteiger partial charge in [-0.05, 0) is 25.7 Å². The number of carbonyl (C=O) groups excluding carboxylic acids is 2. The summed E-state index contributed by atoms with van der Waals surface area (Å²) < 4.78 is 5.10. The summed E-state index contributed by atoms with van der Waals surface area (Å²) >= 11 is 0. The average Bonchev–Trinajstić information content (AvgIpc) is 2.38. The lowest BCUT2D eigenvalue weighted by molar-refractivity contribution is -0.155. The van der Waals surface area contributed by atoms with Crippen LogP contribution in [0, 0.1) is 5.92 Å². The Balaban J connectivity index is 4.81. The SMILES string of the molecule is CCCCCC(=O)N(CC(C)C)C(CC)C(=O)OCC. The maximum Gasteiger partial charge on any atom is 0.328 e. The molecule has 0 spiro atoms. The third kappa shape index (κ3) is 6.92. The molecule has 0 saturated heterocycles. The molecular weight excluding hydrogens is 254 g/mol. The highest BCUT2D eigenvalue weighted by molar-refractivity contribution is 5.84. The monoisotopic (exact) mass is 285 g/mol. The molecule has 0 aromatic heterocycles. The van der Waals surface area contributed by atoms with Gasteiger partial charge in [0.25, 0.3) is 0 Å². The summed E-state index contributed by atoms with van der Waals surface area (Å²) in [6, 6.07) is -0.438. The lowest BCUT2D eigenvalue weighted by Gasteiger charge is -2.31. The lowest BCUT2D eigenvalue weighted by atomic mass is 10.1. The van der Waals surface area contributed by atoms with E-state index in [1.807, 2.05) is 6.92 Å². The number of carbonyl (C=O) groups is 2. The molecule has 118 valence electrons. The summed E-state index contributed by atoms with van der Waals surface area (Å²) in [7, 11) is 0. The van der Waals surface area contributed by atoms with Crippen LogP contribution in [0.15, 0.2) is 0 Å². The van der Waals surface area contributed by atoms with E-state index in [0.29, 0.717) is 31.9 Å². The molecule has 1 unspecified atom stereocenters. The Morgan fingerprint density at radius 1 is 1.10 bits per heavy atom. The third-order valence-electron chi connectivity index (χ3n) is 3.20. The fourth-order valence-electron chi connectivity index (χ4n) is 2.22. The van der Waals surface area contributed by atoms with Crippen molar-refractivity contribution in [1.29, 1.82) is 0 Å². The molecule has 1 atom stereocenters. The van der Waals surface area contributed by atoms with Gasteiger partial charge >= 0.3 is 5.97 Å². The Bertz CT molecular complexity index is 289. The summed E-state index contributed by atoms with van der Waals surface area (Å²) in [4.78, 5) is 26.1. The molecule has 0 aromatic carbocycles. The Kier molecular flexibility index (Phi) is 10.1. The largest absolute Gasteiger partial charge is 0.464 e. The second kappa shape index (κ2) is 10.7. The highest BCUT2D eigenvalue weighted by atomic mass is 16.5. The van der Waals surface area contributed by atoms with Crippen LogP contribution in [0.1, 0.15) is 66.7 Å². The Hall–Kier alpha value is -1.06. The topological polar surface area (TPSA) is 46.6 Å². The van der Waals surface area contributed by atoms with Gasteiger partial charge in [0.05, 0.1) is 6.61 Å². The van der Waals surface area contributed by atoms with Crippen molar-refractivity contribution < 1.29 is 14.3 Å². The van der Waals surface area contributed by atoms with Gasteiger partial charge in [0.15, 0.2) is 0 Å². The molecule has 0 aliphatic heterocycles. The van der Waals surface area contributed by atoms with Crippen molar-refractivity contribution in [2.45, 2.75) is 72.8 Å². The molecule has 0 aliphatic rings. The normalized spacial score (nSPS) is 12.3. The maximum absolute atomic E-state index is 12.4. The minimum atomic E-state index is -0.438. The van der Waals surface area contributed by atoms with Gasteiger partial charge < -0.3 is 9.64 Å². The second-order valence-electron chi connectivity index (χ2n) is 5.57. The second-order valence-corrected chi connectivity index (χ2v) is 5.57. The number of ether oxygens (including phenoxy) is 1. The van der Waals surface area contributed by atoms with Crippen molar-refractivity contribution in [3.05, 3.63) is 0 Å². The van der Waals surface area contributed by atoms with Crippen LogP contribution in [0.4, 0.5) is 0 Å². The Morgan fingerprint density at radius 2 is 1.75 bits per heavy atom. The minimum absolute atomic E-state index is 0.0760. The van der Waals surface area contributed by atoms with Crippen LogP contribution in [0.3, 0.4) is 0 Å². The van der Waals surface area contributed by atoms with Crippen LogP contribution >= 0.6 is 0 Å². The molecule has 0 rings (SSSR count). The fraction of sp³-hybridized carbons (Fsp3) is 0.875.